The number of hydrogen-bond donors (Lipinski definition) is 0. The Kier molecular flexibility index (Phi) is 5.76. The summed E-state index contributed by atoms with van der Waals surface area (Å²) in [4.78, 5) is 30.8. The van der Waals surface area contributed by atoms with E-state index in [2.05, 4.69) is 34.9 Å². The van der Waals surface area contributed by atoms with E-state index in [1.54, 1.807) is 36.0 Å². The van der Waals surface area contributed by atoms with Crippen LogP contribution in [0.1, 0.15) is 32.1 Å². The van der Waals surface area contributed by atoms with Crippen molar-refractivity contribution in [1.29, 1.82) is 0 Å². The van der Waals surface area contributed by atoms with E-state index in [0.717, 1.165) is 28.8 Å². The molecule has 2 saturated heterocycles. The van der Waals surface area contributed by atoms with Crippen LogP contribution in [-0.2, 0) is 0 Å². The molecule has 6 rings (SSSR count). The van der Waals surface area contributed by atoms with Crippen molar-refractivity contribution in [3.05, 3.63) is 53.3 Å². The molecule has 34 heavy (non-hydrogen) atoms. The number of pyridine rings is 1. The first-order chi connectivity index (χ1) is 16.8. The molecule has 10 heteroatoms. The smallest absolute Gasteiger partial charge is 0.257 e. The summed E-state index contributed by atoms with van der Waals surface area (Å²) in [5.41, 5.74) is 1.85. The number of piperidine rings is 2. The summed E-state index contributed by atoms with van der Waals surface area (Å²) < 4.78 is 1.53. The van der Waals surface area contributed by atoms with E-state index >= 15 is 0 Å². The first-order valence-electron chi connectivity index (χ1n) is 11.9. The first kappa shape index (κ1) is 21.3. The van der Waals surface area contributed by atoms with Gasteiger partial charge in [0, 0.05) is 55.5 Å². The van der Waals surface area contributed by atoms with Gasteiger partial charge in [-0.05, 0) is 50.9 Å². The van der Waals surface area contributed by atoms with E-state index in [1.165, 1.54) is 61.9 Å². The fourth-order valence-corrected chi connectivity index (χ4v) is 5.90. The molecule has 4 aromatic rings. The van der Waals surface area contributed by atoms with E-state index in [0.29, 0.717) is 23.1 Å². The number of aromatic nitrogens is 6. The van der Waals surface area contributed by atoms with Crippen LogP contribution in [0, 0.1) is 0 Å². The van der Waals surface area contributed by atoms with Crippen LogP contribution in [0.4, 0.5) is 5.13 Å². The molecule has 0 aliphatic carbocycles. The van der Waals surface area contributed by atoms with E-state index in [1.807, 2.05) is 6.07 Å². The SMILES string of the molecule is O=c1ccnc2c(-c3ncccn3)cc(-c3nnc(N4CCC(N5CCCCC5)CC4)s3)cn12. The Morgan fingerprint density at radius 1 is 0.912 bits per heavy atom. The maximum absolute atomic E-state index is 12.6. The highest BCUT2D eigenvalue weighted by Gasteiger charge is 2.27. The normalized spacial score (nSPS) is 17.9. The Balaban J connectivity index is 1.28. The lowest BCUT2D eigenvalue weighted by molar-refractivity contribution is 0.141. The average molecular weight is 475 g/mol. The first-order valence-corrected chi connectivity index (χ1v) is 12.7. The molecular formula is C24H26N8OS. The predicted molar refractivity (Wildman–Crippen MR) is 132 cm³/mol. The number of nitrogens with zero attached hydrogens (tertiary/aromatic N) is 8. The quantitative estimate of drug-likeness (QED) is 0.446. The van der Waals surface area contributed by atoms with Crippen molar-refractivity contribution in [1.82, 2.24) is 34.4 Å². The second kappa shape index (κ2) is 9.19. The van der Waals surface area contributed by atoms with Crippen LogP contribution in [-0.4, -0.2) is 66.7 Å². The molecule has 0 atom stereocenters. The highest BCUT2D eigenvalue weighted by molar-refractivity contribution is 7.18. The Hall–Kier alpha value is -3.24. The molecule has 6 heterocycles. The lowest BCUT2D eigenvalue weighted by Crippen LogP contribution is -2.46. The molecule has 4 aromatic heterocycles. The molecule has 2 fully saturated rings. The van der Waals surface area contributed by atoms with Gasteiger partial charge in [0.25, 0.3) is 5.56 Å². The Morgan fingerprint density at radius 2 is 1.71 bits per heavy atom. The minimum absolute atomic E-state index is 0.159. The number of rotatable bonds is 4. The lowest BCUT2D eigenvalue weighted by atomic mass is 10.0. The molecule has 0 unspecified atom stereocenters. The van der Waals surface area contributed by atoms with Crippen molar-refractivity contribution < 1.29 is 0 Å². The Labute approximate surface area is 201 Å². The third-order valence-corrected chi connectivity index (χ3v) is 7.83. The van der Waals surface area contributed by atoms with Gasteiger partial charge in [0.05, 0.1) is 5.56 Å². The van der Waals surface area contributed by atoms with E-state index in [4.69, 9.17) is 0 Å². The molecule has 0 aromatic carbocycles. The molecule has 0 N–H and O–H groups in total. The standard InChI is InChI=1S/C24H26N8OS/c33-20-5-10-27-22-19(21-25-8-4-9-26-21)15-17(16-32(20)22)23-28-29-24(34-23)31-13-6-18(7-14-31)30-11-2-1-3-12-30/h4-5,8-10,15-16,18H,1-3,6-7,11-14H2. The summed E-state index contributed by atoms with van der Waals surface area (Å²) in [6.07, 6.45) is 13.0. The van der Waals surface area contributed by atoms with Gasteiger partial charge in [0.1, 0.15) is 0 Å². The summed E-state index contributed by atoms with van der Waals surface area (Å²) in [5.74, 6) is 0.518. The Morgan fingerprint density at radius 3 is 2.50 bits per heavy atom. The van der Waals surface area contributed by atoms with Crippen LogP contribution in [0.15, 0.2) is 47.8 Å². The second-order valence-electron chi connectivity index (χ2n) is 8.90. The highest BCUT2D eigenvalue weighted by Crippen LogP contribution is 2.33. The van der Waals surface area contributed by atoms with Crippen molar-refractivity contribution in [3.63, 3.8) is 0 Å². The zero-order chi connectivity index (χ0) is 22.9. The minimum atomic E-state index is -0.159. The molecule has 0 amide bonds. The van der Waals surface area contributed by atoms with Gasteiger partial charge in [-0.1, -0.05) is 17.8 Å². The molecule has 9 nitrogen and oxygen atoms in total. The van der Waals surface area contributed by atoms with Crippen LogP contribution >= 0.6 is 11.3 Å². The van der Waals surface area contributed by atoms with Gasteiger partial charge in [-0.15, -0.1) is 10.2 Å². The Bertz CT molecular complexity index is 1340. The average Bonchev–Trinajstić information content (AvgIpc) is 3.40. The van der Waals surface area contributed by atoms with Gasteiger partial charge in [-0.25, -0.2) is 15.0 Å². The summed E-state index contributed by atoms with van der Waals surface area (Å²) in [7, 11) is 0. The topological polar surface area (TPSA) is 92.4 Å². The maximum atomic E-state index is 12.6. The van der Waals surface area contributed by atoms with E-state index < -0.39 is 0 Å². The molecule has 0 radical (unpaired) electrons. The van der Waals surface area contributed by atoms with Crippen LogP contribution in [0.5, 0.6) is 0 Å². The highest BCUT2D eigenvalue weighted by atomic mass is 32.1. The van der Waals surface area contributed by atoms with Crippen molar-refractivity contribution in [2.45, 2.75) is 38.1 Å². The summed E-state index contributed by atoms with van der Waals surface area (Å²) in [6.45, 7) is 4.49. The van der Waals surface area contributed by atoms with Crippen LogP contribution < -0.4 is 10.5 Å². The van der Waals surface area contributed by atoms with Crippen molar-refractivity contribution in [2.75, 3.05) is 31.1 Å². The van der Waals surface area contributed by atoms with Gasteiger partial charge >= 0.3 is 0 Å². The summed E-state index contributed by atoms with van der Waals surface area (Å²) in [5, 5.41) is 10.7. The van der Waals surface area contributed by atoms with Gasteiger partial charge in [0.2, 0.25) is 5.13 Å². The van der Waals surface area contributed by atoms with Crippen LogP contribution in [0.25, 0.3) is 27.6 Å². The van der Waals surface area contributed by atoms with E-state index in [9.17, 15) is 4.79 Å². The fourth-order valence-electron chi connectivity index (χ4n) is 5.02. The van der Waals surface area contributed by atoms with Gasteiger partial charge in [-0.3, -0.25) is 9.20 Å². The molecule has 0 spiro atoms. The number of anilines is 1. The van der Waals surface area contributed by atoms with Crippen molar-refractivity contribution >= 4 is 22.1 Å². The third-order valence-electron chi connectivity index (χ3n) is 6.80. The zero-order valence-electron chi connectivity index (χ0n) is 18.9. The molecular weight excluding hydrogens is 448 g/mol. The fraction of sp³-hybridized carbons (Fsp3) is 0.417. The lowest BCUT2D eigenvalue weighted by Gasteiger charge is -2.40. The van der Waals surface area contributed by atoms with Crippen LogP contribution in [0.3, 0.4) is 0 Å². The second-order valence-corrected chi connectivity index (χ2v) is 9.85. The van der Waals surface area contributed by atoms with Crippen molar-refractivity contribution in [2.24, 2.45) is 0 Å². The third kappa shape index (κ3) is 4.07. The number of hydrogen-bond acceptors (Lipinski definition) is 9. The molecule has 174 valence electrons. The number of fused-ring (bicyclic) bond motifs is 1. The van der Waals surface area contributed by atoms with Crippen LogP contribution in [0.2, 0.25) is 0 Å². The molecule has 0 bridgehead atoms. The summed E-state index contributed by atoms with van der Waals surface area (Å²) >= 11 is 1.56. The van der Waals surface area contributed by atoms with E-state index in [-0.39, 0.29) is 5.56 Å². The van der Waals surface area contributed by atoms with Gasteiger partial charge in [-0.2, -0.15) is 0 Å². The predicted octanol–water partition coefficient (Wildman–Crippen LogP) is 3.12. The van der Waals surface area contributed by atoms with Crippen molar-refractivity contribution in [3.8, 4) is 22.0 Å². The minimum Gasteiger partial charge on any atom is -0.347 e. The maximum Gasteiger partial charge on any atom is 0.257 e. The molecule has 2 aliphatic heterocycles. The largest absolute Gasteiger partial charge is 0.347 e. The summed E-state index contributed by atoms with van der Waals surface area (Å²) in [6, 6.07) is 5.85. The van der Waals surface area contributed by atoms with Gasteiger partial charge < -0.3 is 9.80 Å². The van der Waals surface area contributed by atoms with Gasteiger partial charge in [0.15, 0.2) is 16.5 Å². The number of likely N-dealkylation sites (tertiary alicyclic amines) is 1. The molecule has 0 saturated carbocycles. The molecule has 2 aliphatic rings. The zero-order valence-corrected chi connectivity index (χ0v) is 19.7. The monoisotopic (exact) mass is 474 g/mol.